The summed E-state index contributed by atoms with van der Waals surface area (Å²) in [6, 6.07) is 10.6. The number of hydrogen-bond acceptors (Lipinski definition) is 2. The van der Waals surface area contributed by atoms with Crippen molar-refractivity contribution in [3.8, 4) is 6.07 Å². The van der Waals surface area contributed by atoms with E-state index in [0.717, 1.165) is 35.1 Å². The zero-order valence-electron chi connectivity index (χ0n) is 12.2. The lowest BCUT2D eigenvalue weighted by Crippen LogP contribution is -2.06. The zero-order chi connectivity index (χ0) is 14.4. The van der Waals surface area contributed by atoms with E-state index >= 15 is 0 Å². The normalized spacial score (nSPS) is 14.9. The largest absolute Gasteiger partial charge is 0.296 e. The molecular weight excluding hydrogens is 258 g/mol. The summed E-state index contributed by atoms with van der Waals surface area (Å²) in [4.78, 5) is 4.73. The molecule has 3 heteroatoms. The van der Waals surface area contributed by atoms with Crippen LogP contribution in [0.25, 0.3) is 16.7 Å². The predicted molar refractivity (Wildman–Crippen MR) is 83.4 cm³/mol. The molecule has 0 N–H and O–H groups in total. The number of para-hydroxylation sites is 2. The lowest BCUT2D eigenvalue weighted by molar-refractivity contribution is 0.710. The number of rotatable bonds is 0. The topological polar surface area (TPSA) is 41.1 Å². The van der Waals surface area contributed by atoms with Gasteiger partial charge >= 0.3 is 0 Å². The van der Waals surface area contributed by atoms with Gasteiger partial charge in [0, 0.05) is 5.69 Å². The van der Waals surface area contributed by atoms with E-state index in [1.54, 1.807) is 0 Å². The highest BCUT2D eigenvalue weighted by Gasteiger charge is 2.21. The maximum atomic E-state index is 9.70. The lowest BCUT2D eigenvalue weighted by Gasteiger charge is -2.14. The summed E-state index contributed by atoms with van der Waals surface area (Å²) in [6.07, 6.45) is 5.74. The van der Waals surface area contributed by atoms with Gasteiger partial charge in [-0.05, 0) is 55.9 Å². The van der Waals surface area contributed by atoms with Gasteiger partial charge < -0.3 is 0 Å². The van der Waals surface area contributed by atoms with Gasteiger partial charge in [-0.25, -0.2) is 4.98 Å². The van der Waals surface area contributed by atoms with Crippen molar-refractivity contribution < 1.29 is 0 Å². The van der Waals surface area contributed by atoms with E-state index < -0.39 is 0 Å². The number of aryl methyl sites for hydroxylation is 1. The molecule has 2 heterocycles. The molecule has 1 aliphatic carbocycles. The van der Waals surface area contributed by atoms with Gasteiger partial charge in [0.05, 0.1) is 16.6 Å². The van der Waals surface area contributed by atoms with Crippen molar-refractivity contribution in [3.63, 3.8) is 0 Å². The Morgan fingerprint density at radius 3 is 2.67 bits per heavy atom. The van der Waals surface area contributed by atoms with Crippen molar-refractivity contribution in [2.75, 3.05) is 0 Å². The number of hydrogen-bond donors (Lipinski definition) is 0. The minimum absolute atomic E-state index is 0.786. The van der Waals surface area contributed by atoms with Crippen LogP contribution in [0.2, 0.25) is 0 Å². The number of pyridine rings is 1. The van der Waals surface area contributed by atoms with Crippen LogP contribution in [-0.2, 0) is 12.8 Å². The lowest BCUT2D eigenvalue weighted by atomic mass is 9.97. The number of nitrogens with zero attached hydrogens (tertiary/aromatic N) is 3. The minimum Gasteiger partial charge on any atom is -0.296 e. The Balaban J connectivity index is 2.22. The Labute approximate surface area is 123 Å². The summed E-state index contributed by atoms with van der Waals surface area (Å²) >= 11 is 0. The highest BCUT2D eigenvalue weighted by atomic mass is 15.0. The zero-order valence-corrected chi connectivity index (χ0v) is 12.2. The summed E-state index contributed by atoms with van der Waals surface area (Å²) < 4.78 is 2.18. The summed E-state index contributed by atoms with van der Waals surface area (Å²) in [6.45, 7) is 2.17. The molecule has 0 amide bonds. The third-order valence-electron chi connectivity index (χ3n) is 4.69. The number of imidazole rings is 1. The Bertz CT molecular complexity index is 896. The van der Waals surface area contributed by atoms with Gasteiger partial charge in [-0.2, -0.15) is 5.26 Å². The Hall–Kier alpha value is -2.34. The SMILES string of the molecule is Cc1c2c(c(C#N)c3nc4ccccc4n13)CCCCC2. The average Bonchev–Trinajstić information content (AvgIpc) is 2.71. The molecule has 4 rings (SSSR count). The second-order valence-electron chi connectivity index (χ2n) is 5.85. The number of benzene rings is 1. The maximum Gasteiger partial charge on any atom is 0.156 e. The van der Waals surface area contributed by atoms with Gasteiger partial charge in [0.2, 0.25) is 0 Å². The molecule has 0 radical (unpaired) electrons. The van der Waals surface area contributed by atoms with Crippen LogP contribution in [0.15, 0.2) is 24.3 Å². The molecule has 1 aromatic carbocycles. The van der Waals surface area contributed by atoms with Crippen LogP contribution >= 0.6 is 0 Å². The highest BCUT2D eigenvalue weighted by molar-refractivity contribution is 5.83. The van der Waals surface area contributed by atoms with Crippen molar-refractivity contribution in [2.24, 2.45) is 0 Å². The van der Waals surface area contributed by atoms with Gasteiger partial charge in [-0.1, -0.05) is 18.6 Å². The van der Waals surface area contributed by atoms with Crippen LogP contribution in [0.4, 0.5) is 0 Å². The molecular formula is C18H17N3. The van der Waals surface area contributed by atoms with E-state index in [4.69, 9.17) is 4.98 Å². The Kier molecular flexibility index (Phi) is 2.71. The summed E-state index contributed by atoms with van der Waals surface area (Å²) in [5.41, 5.74) is 7.57. The van der Waals surface area contributed by atoms with Gasteiger partial charge in [-0.15, -0.1) is 0 Å². The highest BCUT2D eigenvalue weighted by Crippen LogP contribution is 2.31. The van der Waals surface area contributed by atoms with Crippen LogP contribution in [0.5, 0.6) is 0 Å². The van der Waals surface area contributed by atoms with Crippen LogP contribution in [0, 0.1) is 18.3 Å². The van der Waals surface area contributed by atoms with Gasteiger partial charge in [0.1, 0.15) is 6.07 Å². The molecule has 0 saturated carbocycles. The van der Waals surface area contributed by atoms with Crippen LogP contribution in [0.1, 0.15) is 41.6 Å². The first-order valence-corrected chi connectivity index (χ1v) is 7.63. The van der Waals surface area contributed by atoms with Crippen molar-refractivity contribution in [1.29, 1.82) is 5.26 Å². The smallest absolute Gasteiger partial charge is 0.156 e. The van der Waals surface area contributed by atoms with E-state index in [9.17, 15) is 5.26 Å². The van der Waals surface area contributed by atoms with Crippen LogP contribution in [0.3, 0.4) is 0 Å². The molecule has 0 saturated heterocycles. The first kappa shape index (κ1) is 12.4. The van der Waals surface area contributed by atoms with Crippen LogP contribution in [-0.4, -0.2) is 9.38 Å². The molecule has 2 aromatic heterocycles. The average molecular weight is 275 g/mol. The monoisotopic (exact) mass is 275 g/mol. The second kappa shape index (κ2) is 4.60. The van der Waals surface area contributed by atoms with Gasteiger partial charge in [-0.3, -0.25) is 4.40 Å². The fourth-order valence-corrected chi connectivity index (χ4v) is 3.68. The molecule has 21 heavy (non-hydrogen) atoms. The molecule has 0 spiro atoms. The minimum atomic E-state index is 0.786. The number of aromatic nitrogens is 2. The summed E-state index contributed by atoms with van der Waals surface area (Å²) in [7, 11) is 0. The fraction of sp³-hybridized carbons (Fsp3) is 0.333. The Morgan fingerprint density at radius 1 is 1.10 bits per heavy atom. The number of nitriles is 1. The molecule has 3 nitrogen and oxygen atoms in total. The van der Waals surface area contributed by atoms with E-state index in [1.807, 2.05) is 18.2 Å². The molecule has 1 aliphatic rings. The first-order chi connectivity index (χ1) is 10.3. The van der Waals surface area contributed by atoms with E-state index in [2.05, 4.69) is 23.5 Å². The van der Waals surface area contributed by atoms with Crippen molar-refractivity contribution in [3.05, 3.63) is 46.6 Å². The van der Waals surface area contributed by atoms with E-state index in [1.165, 1.54) is 36.1 Å². The molecule has 0 unspecified atom stereocenters. The summed E-state index contributed by atoms with van der Waals surface area (Å²) in [5.74, 6) is 0. The second-order valence-corrected chi connectivity index (χ2v) is 5.85. The third-order valence-corrected chi connectivity index (χ3v) is 4.69. The van der Waals surface area contributed by atoms with Gasteiger partial charge in [0.15, 0.2) is 5.65 Å². The molecule has 0 fully saturated rings. The molecule has 0 bridgehead atoms. The quantitative estimate of drug-likeness (QED) is 0.583. The molecule has 104 valence electrons. The third kappa shape index (κ3) is 1.69. The first-order valence-electron chi connectivity index (χ1n) is 7.63. The maximum absolute atomic E-state index is 9.70. The van der Waals surface area contributed by atoms with Crippen LogP contribution < -0.4 is 0 Å². The van der Waals surface area contributed by atoms with E-state index in [0.29, 0.717) is 0 Å². The summed E-state index contributed by atoms with van der Waals surface area (Å²) in [5, 5.41) is 9.70. The number of fused-ring (bicyclic) bond motifs is 4. The van der Waals surface area contributed by atoms with Crippen molar-refractivity contribution >= 4 is 16.7 Å². The molecule has 0 aliphatic heterocycles. The standard InChI is InChI=1S/C18H17N3/c1-12-13-7-3-2-4-8-14(13)15(11-19)18-20-16-9-5-6-10-17(16)21(12)18/h5-6,9-10H,2-4,7-8H2,1H3. The predicted octanol–water partition coefficient (Wildman–Crippen LogP) is 3.94. The van der Waals surface area contributed by atoms with Crippen molar-refractivity contribution in [2.45, 2.75) is 39.0 Å². The van der Waals surface area contributed by atoms with E-state index in [-0.39, 0.29) is 0 Å². The fourth-order valence-electron chi connectivity index (χ4n) is 3.68. The Morgan fingerprint density at radius 2 is 1.86 bits per heavy atom. The van der Waals surface area contributed by atoms with Gasteiger partial charge in [0.25, 0.3) is 0 Å². The molecule has 3 aromatic rings. The molecule has 0 atom stereocenters. The van der Waals surface area contributed by atoms with Crippen molar-refractivity contribution in [1.82, 2.24) is 9.38 Å².